The van der Waals surface area contributed by atoms with Gasteiger partial charge in [0.1, 0.15) is 0 Å². The molecule has 0 aliphatic heterocycles. The summed E-state index contributed by atoms with van der Waals surface area (Å²) in [6, 6.07) is 0. The second-order valence-corrected chi connectivity index (χ2v) is 8.03. The van der Waals surface area contributed by atoms with Crippen molar-refractivity contribution in [2.75, 3.05) is 14.2 Å². The zero-order valence-corrected chi connectivity index (χ0v) is 16.9. The normalized spacial score (nSPS) is 38.2. The van der Waals surface area contributed by atoms with Crippen LogP contribution in [0.25, 0.3) is 0 Å². The molecular weight excluding hydrogens is 296 g/mol. The van der Waals surface area contributed by atoms with E-state index in [1.165, 1.54) is 12.0 Å². The Balaban J connectivity index is 3.07. The van der Waals surface area contributed by atoms with Gasteiger partial charge in [-0.15, -0.1) is 0 Å². The highest BCUT2D eigenvalue weighted by Crippen LogP contribution is 2.27. The maximum absolute atomic E-state index is 5.80. The molecule has 0 aromatic carbocycles. The lowest BCUT2D eigenvalue weighted by atomic mass is 9.86. The second kappa shape index (κ2) is 9.58. The molecule has 0 spiro atoms. The number of hydrogen-bond donors (Lipinski definition) is 0. The van der Waals surface area contributed by atoms with E-state index in [9.17, 15) is 0 Å². The molecule has 0 saturated heterocycles. The summed E-state index contributed by atoms with van der Waals surface area (Å²) in [5, 5.41) is 0. The maximum Gasteiger partial charge on any atom is 0.0865 e. The summed E-state index contributed by atoms with van der Waals surface area (Å²) in [6.45, 7) is 11.2. The van der Waals surface area contributed by atoms with Crippen LogP contribution < -0.4 is 0 Å². The monoisotopic (exact) mass is 334 g/mol. The van der Waals surface area contributed by atoms with Gasteiger partial charge in [0.05, 0.1) is 11.2 Å². The van der Waals surface area contributed by atoms with Crippen molar-refractivity contribution in [3.05, 3.63) is 36.0 Å². The van der Waals surface area contributed by atoms with Crippen molar-refractivity contribution >= 4 is 0 Å². The first-order chi connectivity index (χ1) is 11.2. The largest absolute Gasteiger partial charge is 0.374 e. The Kier molecular flexibility index (Phi) is 8.45. The van der Waals surface area contributed by atoms with Crippen molar-refractivity contribution in [3.63, 3.8) is 0 Å². The highest BCUT2D eigenvalue weighted by atomic mass is 16.5. The minimum absolute atomic E-state index is 0.209. The van der Waals surface area contributed by atoms with Gasteiger partial charge in [-0.3, -0.25) is 0 Å². The third-order valence-electron chi connectivity index (χ3n) is 5.48. The molecule has 1 aliphatic rings. The minimum Gasteiger partial charge on any atom is -0.374 e. The molecule has 0 fully saturated rings. The lowest BCUT2D eigenvalue weighted by Gasteiger charge is -2.27. The van der Waals surface area contributed by atoms with E-state index in [4.69, 9.17) is 9.47 Å². The lowest BCUT2D eigenvalue weighted by Crippen LogP contribution is -2.26. The Labute approximate surface area is 150 Å². The van der Waals surface area contributed by atoms with Gasteiger partial charge in [-0.05, 0) is 64.7 Å². The molecular formula is C22H38O2. The second-order valence-electron chi connectivity index (χ2n) is 8.03. The van der Waals surface area contributed by atoms with E-state index >= 15 is 0 Å². The SMILES string of the molecule is CO[C@@]1(C)/C=C/[C@H](C(C)C)CC/C(C)=C/CC[C@](C)(OC)/C=C/C1. The standard InChI is InChI=1S/C22H38O2/c1-18(2)20-12-11-19(3)10-8-14-21(4,23-6)15-9-16-22(5,24-7)17-13-20/h9-10,13,15,17-18,20H,8,11-12,14,16H2,1-7H3/b15-9+,17-13+,19-10+/t20-,21+,22-/m1/s1. The summed E-state index contributed by atoms with van der Waals surface area (Å²) in [7, 11) is 3.60. The van der Waals surface area contributed by atoms with E-state index in [1.807, 2.05) is 0 Å². The highest BCUT2D eigenvalue weighted by Gasteiger charge is 2.23. The molecule has 0 N–H and O–H groups in total. The zero-order chi connectivity index (χ0) is 18.2. The van der Waals surface area contributed by atoms with Crippen LogP contribution in [0, 0.1) is 11.8 Å². The first-order valence-electron chi connectivity index (χ1n) is 9.36. The molecule has 2 nitrogen and oxygen atoms in total. The molecule has 0 aromatic rings. The number of hydrogen-bond acceptors (Lipinski definition) is 2. The van der Waals surface area contributed by atoms with Crippen LogP contribution in [0.4, 0.5) is 0 Å². The van der Waals surface area contributed by atoms with E-state index in [0.29, 0.717) is 11.8 Å². The van der Waals surface area contributed by atoms with Gasteiger partial charge in [0.15, 0.2) is 0 Å². The van der Waals surface area contributed by atoms with Gasteiger partial charge in [0, 0.05) is 14.2 Å². The summed E-state index contributed by atoms with van der Waals surface area (Å²) in [6.07, 6.45) is 16.7. The molecule has 0 radical (unpaired) electrons. The van der Waals surface area contributed by atoms with Crippen LogP contribution in [0.15, 0.2) is 36.0 Å². The summed E-state index contributed by atoms with van der Waals surface area (Å²) < 4.78 is 11.5. The Morgan fingerprint density at radius 3 is 2.33 bits per heavy atom. The van der Waals surface area contributed by atoms with Crippen molar-refractivity contribution in [2.24, 2.45) is 11.8 Å². The minimum atomic E-state index is -0.257. The van der Waals surface area contributed by atoms with E-state index < -0.39 is 0 Å². The fourth-order valence-electron chi connectivity index (χ4n) is 3.10. The lowest BCUT2D eigenvalue weighted by molar-refractivity contribution is 0.0384. The van der Waals surface area contributed by atoms with Crippen LogP contribution in [0.2, 0.25) is 0 Å². The van der Waals surface area contributed by atoms with Crippen LogP contribution in [0.1, 0.15) is 66.7 Å². The molecule has 0 amide bonds. The summed E-state index contributed by atoms with van der Waals surface area (Å²) >= 11 is 0. The Morgan fingerprint density at radius 1 is 1.08 bits per heavy atom. The molecule has 138 valence electrons. The van der Waals surface area contributed by atoms with Crippen LogP contribution >= 0.6 is 0 Å². The van der Waals surface area contributed by atoms with Crippen molar-refractivity contribution < 1.29 is 9.47 Å². The molecule has 1 rings (SSSR count). The Morgan fingerprint density at radius 2 is 1.75 bits per heavy atom. The van der Waals surface area contributed by atoms with Crippen molar-refractivity contribution in [1.29, 1.82) is 0 Å². The number of methoxy groups -OCH3 is 2. The Hall–Kier alpha value is -0.860. The first kappa shape index (κ1) is 21.2. The fraction of sp³-hybridized carbons (Fsp3) is 0.727. The summed E-state index contributed by atoms with van der Waals surface area (Å²) in [5.41, 5.74) is 1.02. The fourth-order valence-corrected chi connectivity index (χ4v) is 3.10. The van der Waals surface area contributed by atoms with Gasteiger partial charge in [-0.1, -0.05) is 49.8 Å². The Bertz CT molecular complexity index is 461. The molecule has 0 unspecified atom stereocenters. The topological polar surface area (TPSA) is 18.5 Å². The third-order valence-corrected chi connectivity index (χ3v) is 5.48. The first-order valence-corrected chi connectivity index (χ1v) is 9.36. The van der Waals surface area contributed by atoms with Gasteiger partial charge >= 0.3 is 0 Å². The average Bonchev–Trinajstić information content (AvgIpc) is 2.53. The highest BCUT2D eigenvalue weighted by molar-refractivity contribution is 5.10. The molecule has 0 saturated carbocycles. The molecule has 0 aromatic heterocycles. The van der Waals surface area contributed by atoms with E-state index in [-0.39, 0.29) is 11.2 Å². The van der Waals surface area contributed by atoms with Crippen LogP contribution in [0.3, 0.4) is 0 Å². The predicted octanol–water partition coefficient (Wildman–Crippen LogP) is 6.09. The van der Waals surface area contributed by atoms with Gasteiger partial charge in [0.2, 0.25) is 0 Å². The molecule has 0 bridgehead atoms. The molecule has 0 heterocycles. The summed E-state index contributed by atoms with van der Waals surface area (Å²) in [5.74, 6) is 1.24. The van der Waals surface area contributed by atoms with Crippen molar-refractivity contribution in [1.82, 2.24) is 0 Å². The van der Waals surface area contributed by atoms with Gasteiger partial charge in [-0.25, -0.2) is 0 Å². The van der Waals surface area contributed by atoms with Crippen molar-refractivity contribution in [2.45, 2.75) is 77.9 Å². The summed E-state index contributed by atoms with van der Waals surface area (Å²) in [4.78, 5) is 0. The molecule has 3 atom stereocenters. The van der Waals surface area contributed by atoms with Gasteiger partial charge in [-0.2, -0.15) is 0 Å². The smallest absolute Gasteiger partial charge is 0.0865 e. The maximum atomic E-state index is 5.80. The zero-order valence-electron chi connectivity index (χ0n) is 16.9. The third kappa shape index (κ3) is 6.94. The van der Waals surface area contributed by atoms with Crippen LogP contribution in [-0.4, -0.2) is 25.4 Å². The van der Waals surface area contributed by atoms with E-state index in [1.54, 1.807) is 14.2 Å². The quantitative estimate of drug-likeness (QED) is 0.581. The van der Waals surface area contributed by atoms with Crippen LogP contribution in [-0.2, 0) is 9.47 Å². The number of rotatable bonds is 3. The number of ether oxygens (including phenoxy) is 2. The van der Waals surface area contributed by atoms with Crippen LogP contribution in [0.5, 0.6) is 0 Å². The predicted molar refractivity (Wildman–Crippen MR) is 104 cm³/mol. The number of allylic oxidation sites excluding steroid dienone is 3. The van der Waals surface area contributed by atoms with Crippen molar-refractivity contribution in [3.8, 4) is 0 Å². The molecule has 1 aliphatic carbocycles. The van der Waals surface area contributed by atoms with Gasteiger partial charge < -0.3 is 9.47 Å². The molecule has 24 heavy (non-hydrogen) atoms. The molecule has 2 heteroatoms. The average molecular weight is 335 g/mol. The van der Waals surface area contributed by atoms with E-state index in [2.05, 4.69) is 65.0 Å². The van der Waals surface area contributed by atoms with Gasteiger partial charge in [0.25, 0.3) is 0 Å². The van der Waals surface area contributed by atoms with E-state index in [0.717, 1.165) is 25.7 Å².